The second-order valence-electron chi connectivity index (χ2n) is 2.98. The van der Waals surface area contributed by atoms with E-state index >= 15 is 0 Å². The molecule has 0 aromatic carbocycles. The van der Waals surface area contributed by atoms with Crippen molar-refractivity contribution in [2.24, 2.45) is 0 Å². The number of nitrogens with one attached hydrogen (secondary N) is 1. The molecule has 0 amide bonds. The minimum Gasteiger partial charge on any atom is -0.394 e. The van der Waals surface area contributed by atoms with Crippen LogP contribution in [0.3, 0.4) is 0 Å². The van der Waals surface area contributed by atoms with Gasteiger partial charge in [-0.25, -0.2) is 0 Å². The van der Waals surface area contributed by atoms with Crippen molar-refractivity contribution in [3.8, 4) is 0 Å². The summed E-state index contributed by atoms with van der Waals surface area (Å²) in [6.45, 7) is 0.240. The monoisotopic (exact) mass is 209 g/mol. The quantitative estimate of drug-likeness (QED) is 0.358. The molecule has 6 heteroatoms. The van der Waals surface area contributed by atoms with Crippen LogP contribution < -0.4 is 5.32 Å². The van der Waals surface area contributed by atoms with Crippen molar-refractivity contribution in [1.82, 2.24) is 5.32 Å². The largest absolute Gasteiger partial charge is 0.394 e. The van der Waals surface area contributed by atoms with Crippen LogP contribution in [0.1, 0.15) is 0 Å². The second kappa shape index (κ2) is 5.14. The van der Waals surface area contributed by atoms with Crippen LogP contribution in [0.25, 0.3) is 0 Å². The SMILES string of the molecule is OC[C@@H](O)[C@@H](O)[C@H](O)[C@@H]1NCCS1. The predicted molar refractivity (Wildman–Crippen MR) is 49.4 cm³/mol. The highest BCUT2D eigenvalue weighted by Gasteiger charge is 2.32. The van der Waals surface area contributed by atoms with E-state index in [1.165, 1.54) is 11.8 Å². The van der Waals surface area contributed by atoms with Gasteiger partial charge in [0.1, 0.15) is 18.3 Å². The Bertz CT molecular complexity index is 153. The molecule has 0 spiro atoms. The molecule has 1 rings (SSSR count). The molecule has 1 heterocycles. The maximum Gasteiger partial charge on any atom is 0.110 e. The standard InChI is InChI=1S/C7H15NO4S/c9-3-4(10)5(11)6(12)7-8-1-2-13-7/h4-12H,1-3H2/t4-,5-,6+,7-/m1/s1. The van der Waals surface area contributed by atoms with E-state index in [9.17, 15) is 10.2 Å². The van der Waals surface area contributed by atoms with Gasteiger partial charge in [0.05, 0.1) is 12.0 Å². The maximum atomic E-state index is 9.51. The lowest BCUT2D eigenvalue weighted by Gasteiger charge is -2.25. The lowest BCUT2D eigenvalue weighted by molar-refractivity contribution is -0.0777. The van der Waals surface area contributed by atoms with Crippen molar-refractivity contribution in [2.45, 2.75) is 23.7 Å². The minimum atomic E-state index is -1.30. The molecular formula is C7H15NO4S. The molecule has 1 aliphatic rings. The summed E-state index contributed by atoms with van der Waals surface area (Å²) in [5.74, 6) is 0.879. The van der Waals surface area contributed by atoms with Crippen LogP contribution in [0, 0.1) is 0 Å². The lowest BCUT2D eigenvalue weighted by atomic mass is 10.1. The normalized spacial score (nSPS) is 30.0. The van der Waals surface area contributed by atoms with Crippen molar-refractivity contribution in [3.05, 3.63) is 0 Å². The fraction of sp³-hybridized carbons (Fsp3) is 1.00. The van der Waals surface area contributed by atoms with Gasteiger partial charge in [0.2, 0.25) is 0 Å². The summed E-state index contributed by atoms with van der Waals surface area (Å²) in [6, 6.07) is 0. The minimum absolute atomic E-state index is 0.254. The van der Waals surface area contributed by atoms with E-state index in [1.807, 2.05) is 0 Å². The molecule has 78 valence electrons. The van der Waals surface area contributed by atoms with Gasteiger partial charge in [0, 0.05) is 12.3 Å². The fourth-order valence-electron chi connectivity index (χ4n) is 1.18. The zero-order valence-corrected chi connectivity index (χ0v) is 7.94. The predicted octanol–water partition coefficient (Wildman–Crippen LogP) is -2.28. The van der Waals surface area contributed by atoms with Crippen LogP contribution in [-0.2, 0) is 0 Å². The molecule has 0 aromatic heterocycles. The van der Waals surface area contributed by atoms with Crippen molar-refractivity contribution >= 4 is 11.8 Å². The van der Waals surface area contributed by atoms with Crippen molar-refractivity contribution in [1.29, 1.82) is 0 Å². The number of aliphatic hydroxyl groups excluding tert-OH is 4. The summed E-state index contributed by atoms with van der Waals surface area (Å²) < 4.78 is 0. The second-order valence-corrected chi connectivity index (χ2v) is 4.23. The molecule has 1 aliphatic heterocycles. The Labute approximate surface area is 80.8 Å². The maximum absolute atomic E-state index is 9.51. The van der Waals surface area contributed by atoms with E-state index in [0.29, 0.717) is 0 Å². The van der Waals surface area contributed by atoms with Crippen LogP contribution in [0.2, 0.25) is 0 Å². The molecule has 0 radical (unpaired) electrons. The first-order chi connectivity index (χ1) is 6.16. The van der Waals surface area contributed by atoms with Crippen molar-refractivity contribution in [3.63, 3.8) is 0 Å². The third-order valence-corrected chi connectivity index (χ3v) is 3.23. The molecule has 1 saturated heterocycles. The van der Waals surface area contributed by atoms with Crippen LogP contribution >= 0.6 is 11.8 Å². The van der Waals surface area contributed by atoms with Gasteiger partial charge < -0.3 is 25.7 Å². The summed E-state index contributed by atoms with van der Waals surface area (Å²) in [6.07, 6.45) is -3.62. The highest BCUT2D eigenvalue weighted by Crippen LogP contribution is 2.20. The van der Waals surface area contributed by atoms with Crippen molar-refractivity contribution < 1.29 is 20.4 Å². The van der Waals surface area contributed by atoms with Gasteiger partial charge in [-0.1, -0.05) is 0 Å². The average Bonchev–Trinajstić information content (AvgIpc) is 2.67. The highest BCUT2D eigenvalue weighted by molar-refractivity contribution is 8.00. The Morgan fingerprint density at radius 2 is 2.08 bits per heavy atom. The Kier molecular flexibility index (Phi) is 4.43. The first kappa shape index (κ1) is 11.2. The first-order valence-electron chi connectivity index (χ1n) is 4.17. The summed E-state index contributed by atoms with van der Waals surface area (Å²) in [7, 11) is 0. The van der Waals surface area contributed by atoms with Crippen LogP contribution in [-0.4, -0.2) is 63.0 Å². The molecule has 0 aliphatic carbocycles. The zero-order valence-electron chi connectivity index (χ0n) is 7.13. The molecule has 5 nitrogen and oxygen atoms in total. The van der Waals surface area contributed by atoms with Crippen LogP contribution in [0.4, 0.5) is 0 Å². The summed E-state index contributed by atoms with van der Waals surface area (Å²) >= 11 is 1.49. The molecule has 13 heavy (non-hydrogen) atoms. The summed E-state index contributed by atoms with van der Waals surface area (Å²) in [5.41, 5.74) is 0. The van der Waals surface area contributed by atoms with Crippen molar-refractivity contribution in [2.75, 3.05) is 18.9 Å². The van der Waals surface area contributed by atoms with Gasteiger partial charge in [-0.3, -0.25) is 0 Å². The molecule has 4 atom stereocenters. The van der Waals surface area contributed by atoms with E-state index in [-0.39, 0.29) is 5.37 Å². The van der Waals surface area contributed by atoms with Gasteiger partial charge in [-0.05, 0) is 0 Å². The molecule has 0 saturated carbocycles. The van der Waals surface area contributed by atoms with E-state index in [2.05, 4.69) is 5.32 Å². The Morgan fingerprint density at radius 3 is 2.54 bits per heavy atom. The molecule has 0 unspecified atom stereocenters. The summed E-state index contributed by atoms with van der Waals surface area (Å²) in [4.78, 5) is 0. The van der Waals surface area contributed by atoms with Gasteiger partial charge in [-0.2, -0.15) is 0 Å². The molecular weight excluding hydrogens is 194 g/mol. The van der Waals surface area contributed by atoms with E-state index in [0.717, 1.165) is 12.3 Å². The number of hydrogen-bond acceptors (Lipinski definition) is 6. The fourth-order valence-corrected chi connectivity index (χ4v) is 2.26. The lowest BCUT2D eigenvalue weighted by Crippen LogP contribution is -2.47. The Morgan fingerprint density at radius 1 is 1.38 bits per heavy atom. The number of aliphatic hydroxyl groups is 4. The van der Waals surface area contributed by atoms with Gasteiger partial charge in [0.25, 0.3) is 0 Å². The third-order valence-electron chi connectivity index (χ3n) is 1.99. The Hall–Kier alpha value is 0.150. The average molecular weight is 209 g/mol. The first-order valence-corrected chi connectivity index (χ1v) is 5.21. The van der Waals surface area contributed by atoms with Gasteiger partial charge in [0.15, 0.2) is 0 Å². The zero-order chi connectivity index (χ0) is 9.84. The van der Waals surface area contributed by atoms with E-state index < -0.39 is 24.9 Å². The Balaban J connectivity index is 2.40. The van der Waals surface area contributed by atoms with E-state index in [1.54, 1.807) is 0 Å². The molecule has 0 aromatic rings. The third kappa shape index (κ3) is 2.80. The van der Waals surface area contributed by atoms with Crippen LogP contribution in [0.15, 0.2) is 0 Å². The molecule has 0 bridgehead atoms. The highest BCUT2D eigenvalue weighted by atomic mass is 32.2. The number of thioether (sulfide) groups is 1. The smallest absolute Gasteiger partial charge is 0.110 e. The number of rotatable bonds is 4. The van der Waals surface area contributed by atoms with Gasteiger partial charge >= 0.3 is 0 Å². The molecule has 5 N–H and O–H groups in total. The van der Waals surface area contributed by atoms with E-state index in [4.69, 9.17) is 10.2 Å². The molecule has 1 fully saturated rings. The number of hydrogen-bond donors (Lipinski definition) is 5. The van der Waals surface area contributed by atoms with Gasteiger partial charge in [-0.15, -0.1) is 11.8 Å². The topological polar surface area (TPSA) is 93.0 Å². The van der Waals surface area contributed by atoms with Crippen LogP contribution in [0.5, 0.6) is 0 Å². The summed E-state index contributed by atoms with van der Waals surface area (Å²) in [5, 5.41) is 39.2.